The minimum atomic E-state index is -1.12. The fraction of sp³-hybridized carbons (Fsp3) is 0.222. The second-order valence-electron chi connectivity index (χ2n) is 9.35. The van der Waals surface area contributed by atoms with E-state index in [2.05, 4.69) is 0 Å². The van der Waals surface area contributed by atoms with Gasteiger partial charge in [0.05, 0.1) is 23.9 Å². The molecule has 4 aromatic rings. The van der Waals surface area contributed by atoms with Crippen LogP contribution < -0.4 is 20.4 Å². The molecule has 236 valence electrons. The first kappa shape index (κ1) is 40.7. The van der Waals surface area contributed by atoms with Gasteiger partial charge in [-0.25, -0.2) is 0 Å². The van der Waals surface area contributed by atoms with Crippen molar-refractivity contribution in [2.24, 2.45) is 0 Å². The van der Waals surface area contributed by atoms with Crippen LogP contribution in [0.2, 0.25) is 0 Å². The number of carboxylic acid groups (broad SMARTS) is 4. The number of aryl methyl sites for hydroxylation is 4. The molecule has 0 bridgehead atoms. The fourth-order valence-corrected chi connectivity index (χ4v) is 3.51. The number of aromatic carboxylic acids is 4. The number of rotatable bonds is 8. The Kier molecular flexibility index (Phi) is 20.1. The fourth-order valence-electron chi connectivity index (χ4n) is 3.51. The molecular weight excluding hydrogens is 768 g/mol. The van der Waals surface area contributed by atoms with Crippen LogP contribution in [0.3, 0.4) is 0 Å². The van der Waals surface area contributed by atoms with E-state index in [0.29, 0.717) is 0 Å². The molecule has 0 aliphatic carbocycles. The van der Waals surface area contributed by atoms with Gasteiger partial charge in [0.2, 0.25) is 0 Å². The molecule has 8 nitrogen and oxygen atoms in total. The van der Waals surface area contributed by atoms with Crippen molar-refractivity contribution in [2.45, 2.75) is 53.4 Å². The maximum absolute atomic E-state index is 10.3. The van der Waals surface area contributed by atoms with Gasteiger partial charge in [-0.1, -0.05) is 125 Å². The molecule has 45 heavy (non-hydrogen) atoms. The standard InChI is InChI=1S/4C9H10O2.Pb/c4*1-2-7-3-5-8(6-4-7)9(10)11;/h4*3-6H,2H2,1H3,(H,10,11);/p-4. The zero-order chi connectivity index (χ0) is 33.1. The van der Waals surface area contributed by atoms with Crippen LogP contribution in [-0.4, -0.2) is 51.2 Å². The predicted molar refractivity (Wildman–Crippen MR) is 166 cm³/mol. The predicted octanol–water partition coefficient (Wildman–Crippen LogP) is 2.07. The number of hydrogen-bond acceptors (Lipinski definition) is 8. The van der Waals surface area contributed by atoms with Crippen LogP contribution in [0.1, 0.15) is 91.4 Å². The average Bonchev–Trinajstić information content (AvgIpc) is 3.05. The normalized spacial score (nSPS) is 9.33. The van der Waals surface area contributed by atoms with E-state index in [4.69, 9.17) is 0 Å². The minimum absolute atomic E-state index is 0. The molecule has 0 aliphatic heterocycles. The third-order valence-electron chi connectivity index (χ3n) is 6.39. The van der Waals surface area contributed by atoms with Gasteiger partial charge >= 0.3 is 0 Å². The molecule has 0 saturated heterocycles. The topological polar surface area (TPSA) is 161 Å². The molecule has 9 heteroatoms. The first-order chi connectivity index (χ1) is 20.9. The molecule has 4 rings (SSSR count). The molecular formula is C36H36O8Pb-4. The molecule has 0 saturated carbocycles. The third-order valence-corrected chi connectivity index (χ3v) is 6.39. The Bertz CT molecular complexity index is 1230. The SMILES string of the molecule is CCc1ccc(C(=O)[O-])cc1.CCc1ccc(C(=O)[O-])cc1.CCc1ccc(C(=O)[O-])cc1.CCc1ccc(C(=O)[O-])cc1.[Pb]. The molecule has 0 heterocycles. The van der Waals surface area contributed by atoms with Crippen molar-refractivity contribution in [1.82, 2.24) is 0 Å². The van der Waals surface area contributed by atoms with Crippen LogP contribution in [0.15, 0.2) is 97.1 Å². The molecule has 0 spiro atoms. The van der Waals surface area contributed by atoms with Crippen LogP contribution in [0.25, 0.3) is 0 Å². The van der Waals surface area contributed by atoms with E-state index in [9.17, 15) is 39.6 Å². The van der Waals surface area contributed by atoms with Gasteiger partial charge in [-0.2, -0.15) is 0 Å². The summed E-state index contributed by atoms with van der Waals surface area (Å²) >= 11 is 0. The second-order valence-corrected chi connectivity index (χ2v) is 9.35. The van der Waals surface area contributed by atoms with Crippen molar-refractivity contribution in [3.63, 3.8) is 0 Å². The van der Waals surface area contributed by atoms with Crippen LogP contribution in [0, 0.1) is 0 Å². The number of benzene rings is 4. The molecule has 0 aromatic heterocycles. The number of hydrogen-bond donors (Lipinski definition) is 0. The Morgan fingerprint density at radius 2 is 0.489 bits per heavy atom. The molecule has 4 radical (unpaired) electrons. The summed E-state index contributed by atoms with van der Waals surface area (Å²) in [5.74, 6) is -4.47. The van der Waals surface area contributed by atoms with E-state index in [1.807, 2.05) is 27.7 Å². The van der Waals surface area contributed by atoms with Crippen LogP contribution in [0.5, 0.6) is 0 Å². The molecule has 4 aromatic carbocycles. The van der Waals surface area contributed by atoms with Gasteiger partial charge in [-0.3, -0.25) is 0 Å². The first-order valence-electron chi connectivity index (χ1n) is 14.2. The Morgan fingerprint density at radius 3 is 0.578 bits per heavy atom. The number of carbonyl (C=O) groups is 4. The van der Waals surface area contributed by atoms with Gasteiger partial charge in [0.25, 0.3) is 0 Å². The Hall–Kier alpha value is -4.32. The summed E-state index contributed by atoms with van der Waals surface area (Å²) in [6.45, 7) is 8.09. The molecule has 0 fully saturated rings. The first-order valence-corrected chi connectivity index (χ1v) is 14.2. The van der Waals surface area contributed by atoms with E-state index in [1.165, 1.54) is 0 Å². The number of carboxylic acids is 4. The van der Waals surface area contributed by atoms with Gasteiger partial charge in [0.15, 0.2) is 0 Å². The Balaban J connectivity index is 0.000000569. The zero-order valence-corrected chi connectivity index (χ0v) is 29.7. The van der Waals surface area contributed by atoms with Gasteiger partial charge in [-0.05, 0) is 70.2 Å². The minimum Gasteiger partial charge on any atom is -0.545 e. The van der Waals surface area contributed by atoms with E-state index >= 15 is 0 Å². The van der Waals surface area contributed by atoms with E-state index < -0.39 is 23.9 Å². The van der Waals surface area contributed by atoms with Crippen LogP contribution in [-0.2, 0) is 25.7 Å². The van der Waals surface area contributed by atoms with Gasteiger partial charge in [0.1, 0.15) is 0 Å². The zero-order valence-electron chi connectivity index (χ0n) is 25.8. The van der Waals surface area contributed by atoms with E-state index in [1.54, 1.807) is 97.1 Å². The summed E-state index contributed by atoms with van der Waals surface area (Å²) in [5.41, 5.74) is 5.49. The summed E-state index contributed by atoms with van der Waals surface area (Å²) in [6.07, 6.45) is 3.70. The summed E-state index contributed by atoms with van der Waals surface area (Å²) in [7, 11) is 0. The summed E-state index contributed by atoms with van der Waals surface area (Å²) in [5, 5.41) is 41.2. The maximum Gasteiger partial charge on any atom is 0.0715 e. The molecule has 0 N–H and O–H groups in total. The van der Waals surface area contributed by atoms with E-state index in [0.717, 1.165) is 47.9 Å². The Morgan fingerprint density at radius 1 is 0.356 bits per heavy atom. The third kappa shape index (κ3) is 15.8. The average molecular weight is 804 g/mol. The monoisotopic (exact) mass is 804 g/mol. The van der Waals surface area contributed by atoms with Crippen molar-refractivity contribution in [2.75, 3.05) is 0 Å². The summed E-state index contributed by atoms with van der Waals surface area (Å²) < 4.78 is 0. The maximum atomic E-state index is 10.3. The second kappa shape index (κ2) is 22.2. The van der Waals surface area contributed by atoms with Crippen molar-refractivity contribution >= 4 is 51.2 Å². The summed E-state index contributed by atoms with van der Waals surface area (Å²) in [4.78, 5) is 41.2. The summed E-state index contributed by atoms with van der Waals surface area (Å²) in [6, 6.07) is 26.9. The van der Waals surface area contributed by atoms with Crippen molar-refractivity contribution in [3.05, 3.63) is 142 Å². The molecule has 0 unspecified atom stereocenters. The van der Waals surface area contributed by atoms with Gasteiger partial charge in [0, 0.05) is 27.3 Å². The van der Waals surface area contributed by atoms with Crippen LogP contribution >= 0.6 is 0 Å². The molecule has 0 aliphatic rings. The molecule has 0 amide bonds. The van der Waals surface area contributed by atoms with Gasteiger partial charge < -0.3 is 39.6 Å². The van der Waals surface area contributed by atoms with Crippen molar-refractivity contribution in [1.29, 1.82) is 0 Å². The molecule has 0 atom stereocenters. The smallest absolute Gasteiger partial charge is 0.0715 e. The van der Waals surface area contributed by atoms with Crippen molar-refractivity contribution < 1.29 is 39.6 Å². The van der Waals surface area contributed by atoms with E-state index in [-0.39, 0.29) is 49.6 Å². The number of carbonyl (C=O) groups excluding carboxylic acids is 4. The largest absolute Gasteiger partial charge is 0.545 e. The van der Waals surface area contributed by atoms with Crippen LogP contribution in [0.4, 0.5) is 0 Å². The quantitative estimate of drug-likeness (QED) is 0.245. The Labute approximate surface area is 284 Å². The van der Waals surface area contributed by atoms with Gasteiger partial charge in [-0.15, -0.1) is 0 Å². The van der Waals surface area contributed by atoms with Crippen molar-refractivity contribution in [3.8, 4) is 0 Å².